The molecular formula is C23H18F3N3O2S. The number of carbonyl (C=O) groups is 1. The van der Waals surface area contributed by atoms with Crippen molar-refractivity contribution in [1.82, 2.24) is 15.3 Å². The van der Waals surface area contributed by atoms with Crippen molar-refractivity contribution in [3.05, 3.63) is 88.2 Å². The lowest BCUT2D eigenvalue weighted by molar-refractivity contribution is -0.140. The van der Waals surface area contributed by atoms with Crippen LogP contribution in [0.3, 0.4) is 0 Å². The number of thiophene rings is 1. The van der Waals surface area contributed by atoms with Crippen molar-refractivity contribution >= 4 is 27.5 Å². The summed E-state index contributed by atoms with van der Waals surface area (Å²) in [4.78, 5) is 20.9. The predicted octanol–water partition coefficient (Wildman–Crippen LogP) is 5.53. The molecule has 3 aromatic heterocycles. The molecule has 0 radical (unpaired) electrons. The Labute approximate surface area is 185 Å². The molecule has 0 aliphatic carbocycles. The molecule has 1 N–H and O–H groups in total. The lowest BCUT2D eigenvalue weighted by Crippen LogP contribution is -2.22. The van der Waals surface area contributed by atoms with Gasteiger partial charge in [-0.25, -0.2) is 4.98 Å². The zero-order chi connectivity index (χ0) is 22.7. The Kier molecular flexibility index (Phi) is 6.09. The number of amides is 1. The minimum Gasteiger partial charge on any atom is -0.489 e. The standard InChI is InChI=1S/C23H18F3N3O2S/c1-14-18-8-9-19(23(24,25)26)29-22(18)32-20(14)21(30)28-12-15-4-6-17(7-5-15)31-13-16-3-2-10-27-11-16/h2-11H,12-13H2,1H3,(H,28,30). The summed E-state index contributed by atoms with van der Waals surface area (Å²) < 4.78 is 44.4. The molecule has 0 aliphatic heterocycles. The van der Waals surface area contributed by atoms with E-state index in [0.29, 0.717) is 28.2 Å². The van der Waals surface area contributed by atoms with E-state index in [1.165, 1.54) is 6.07 Å². The Hall–Kier alpha value is -3.46. The molecule has 4 aromatic rings. The number of aromatic nitrogens is 2. The molecule has 32 heavy (non-hydrogen) atoms. The number of nitrogens with one attached hydrogen (secondary N) is 1. The molecule has 0 atom stereocenters. The van der Waals surface area contributed by atoms with Gasteiger partial charge in [-0.1, -0.05) is 18.2 Å². The van der Waals surface area contributed by atoms with Gasteiger partial charge in [0.1, 0.15) is 22.9 Å². The van der Waals surface area contributed by atoms with Crippen molar-refractivity contribution in [2.75, 3.05) is 0 Å². The molecule has 5 nitrogen and oxygen atoms in total. The second kappa shape index (κ2) is 8.96. The largest absolute Gasteiger partial charge is 0.489 e. The quantitative estimate of drug-likeness (QED) is 0.414. The summed E-state index contributed by atoms with van der Waals surface area (Å²) in [6.07, 6.45) is -1.09. The first-order valence-electron chi connectivity index (χ1n) is 9.67. The fourth-order valence-corrected chi connectivity index (χ4v) is 4.19. The van der Waals surface area contributed by atoms with Crippen LogP contribution in [-0.4, -0.2) is 15.9 Å². The smallest absolute Gasteiger partial charge is 0.433 e. The second-order valence-electron chi connectivity index (χ2n) is 7.08. The third-order valence-corrected chi connectivity index (χ3v) is 6.01. The molecule has 1 aromatic carbocycles. The number of pyridine rings is 2. The van der Waals surface area contributed by atoms with Crippen LogP contribution < -0.4 is 10.1 Å². The number of hydrogen-bond donors (Lipinski definition) is 1. The summed E-state index contributed by atoms with van der Waals surface area (Å²) in [5.41, 5.74) is 1.47. The summed E-state index contributed by atoms with van der Waals surface area (Å²) in [5, 5.41) is 3.36. The summed E-state index contributed by atoms with van der Waals surface area (Å²) in [6, 6.07) is 13.4. The average molecular weight is 457 g/mol. The molecular weight excluding hydrogens is 439 g/mol. The zero-order valence-electron chi connectivity index (χ0n) is 16.9. The molecule has 0 fully saturated rings. The van der Waals surface area contributed by atoms with Gasteiger partial charge in [0, 0.05) is 29.9 Å². The normalized spacial score (nSPS) is 11.5. The summed E-state index contributed by atoms with van der Waals surface area (Å²) in [6.45, 7) is 2.38. The third kappa shape index (κ3) is 4.88. The SMILES string of the molecule is Cc1c(C(=O)NCc2ccc(OCc3cccnc3)cc2)sc2nc(C(F)(F)F)ccc12. The van der Waals surface area contributed by atoms with Gasteiger partial charge in [0.2, 0.25) is 0 Å². The Morgan fingerprint density at radius 3 is 2.56 bits per heavy atom. The number of rotatable bonds is 6. The van der Waals surface area contributed by atoms with E-state index in [2.05, 4.69) is 15.3 Å². The Morgan fingerprint density at radius 2 is 1.88 bits per heavy atom. The maximum absolute atomic E-state index is 12.9. The predicted molar refractivity (Wildman–Crippen MR) is 116 cm³/mol. The van der Waals surface area contributed by atoms with Gasteiger partial charge in [-0.3, -0.25) is 9.78 Å². The van der Waals surface area contributed by atoms with Crippen LogP contribution in [0.15, 0.2) is 60.9 Å². The number of benzene rings is 1. The van der Waals surface area contributed by atoms with E-state index in [-0.39, 0.29) is 17.3 Å². The van der Waals surface area contributed by atoms with Crippen LogP contribution >= 0.6 is 11.3 Å². The average Bonchev–Trinajstić information content (AvgIpc) is 3.13. The Morgan fingerprint density at radius 1 is 1.09 bits per heavy atom. The van der Waals surface area contributed by atoms with Crippen LogP contribution in [0, 0.1) is 6.92 Å². The highest BCUT2D eigenvalue weighted by Gasteiger charge is 2.33. The van der Waals surface area contributed by atoms with E-state index in [1.807, 2.05) is 36.4 Å². The molecule has 0 aliphatic rings. The number of nitrogens with zero attached hydrogens (tertiary/aromatic N) is 2. The highest BCUT2D eigenvalue weighted by molar-refractivity contribution is 7.20. The second-order valence-corrected chi connectivity index (χ2v) is 8.08. The van der Waals surface area contributed by atoms with Crippen molar-refractivity contribution in [1.29, 1.82) is 0 Å². The van der Waals surface area contributed by atoms with Gasteiger partial charge in [0.25, 0.3) is 5.91 Å². The minimum atomic E-state index is -4.53. The van der Waals surface area contributed by atoms with Crippen LogP contribution in [-0.2, 0) is 19.3 Å². The Balaban J connectivity index is 1.39. The van der Waals surface area contributed by atoms with Gasteiger partial charge in [-0.15, -0.1) is 11.3 Å². The summed E-state index contributed by atoms with van der Waals surface area (Å²) >= 11 is 0.956. The zero-order valence-corrected chi connectivity index (χ0v) is 17.8. The number of halogens is 3. The molecule has 0 spiro atoms. The van der Waals surface area contributed by atoms with Gasteiger partial charge in [0.05, 0.1) is 4.88 Å². The highest BCUT2D eigenvalue weighted by Crippen LogP contribution is 2.34. The van der Waals surface area contributed by atoms with Gasteiger partial charge in [-0.2, -0.15) is 13.2 Å². The van der Waals surface area contributed by atoms with Crippen molar-refractivity contribution in [3.63, 3.8) is 0 Å². The summed E-state index contributed by atoms with van der Waals surface area (Å²) in [7, 11) is 0. The highest BCUT2D eigenvalue weighted by atomic mass is 32.1. The molecule has 4 rings (SSSR count). The fourth-order valence-electron chi connectivity index (χ4n) is 3.09. The maximum Gasteiger partial charge on any atom is 0.433 e. The molecule has 0 unspecified atom stereocenters. The van der Waals surface area contributed by atoms with Crippen molar-refractivity contribution in [3.8, 4) is 5.75 Å². The maximum atomic E-state index is 12.9. The molecule has 0 saturated heterocycles. The van der Waals surface area contributed by atoms with Crippen molar-refractivity contribution < 1.29 is 22.7 Å². The van der Waals surface area contributed by atoms with E-state index < -0.39 is 11.9 Å². The molecule has 9 heteroatoms. The number of aryl methyl sites for hydroxylation is 1. The first-order chi connectivity index (χ1) is 15.3. The third-order valence-electron chi connectivity index (χ3n) is 4.80. The molecule has 0 saturated carbocycles. The molecule has 3 heterocycles. The van der Waals surface area contributed by atoms with Crippen LogP contribution in [0.2, 0.25) is 0 Å². The van der Waals surface area contributed by atoms with Gasteiger partial charge in [0.15, 0.2) is 0 Å². The lowest BCUT2D eigenvalue weighted by Gasteiger charge is -2.08. The monoisotopic (exact) mass is 457 g/mol. The van der Waals surface area contributed by atoms with E-state index in [0.717, 1.165) is 28.5 Å². The van der Waals surface area contributed by atoms with Gasteiger partial charge >= 0.3 is 6.18 Å². The van der Waals surface area contributed by atoms with Crippen molar-refractivity contribution in [2.24, 2.45) is 0 Å². The first-order valence-corrected chi connectivity index (χ1v) is 10.5. The van der Waals surface area contributed by atoms with E-state index in [9.17, 15) is 18.0 Å². The van der Waals surface area contributed by atoms with Gasteiger partial charge in [-0.05, 0) is 48.4 Å². The molecule has 0 bridgehead atoms. The number of hydrogen-bond acceptors (Lipinski definition) is 5. The molecule has 164 valence electrons. The molecule has 1 amide bonds. The number of fused-ring (bicyclic) bond motifs is 1. The fraction of sp³-hybridized carbons (Fsp3) is 0.174. The van der Waals surface area contributed by atoms with Crippen LogP contribution in [0.1, 0.15) is 32.1 Å². The number of ether oxygens (including phenoxy) is 1. The van der Waals surface area contributed by atoms with E-state index >= 15 is 0 Å². The van der Waals surface area contributed by atoms with Crippen molar-refractivity contribution in [2.45, 2.75) is 26.3 Å². The topological polar surface area (TPSA) is 64.1 Å². The Bertz CT molecular complexity index is 1240. The van der Waals surface area contributed by atoms with E-state index in [4.69, 9.17) is 4.74 Å². The number of carbonyl (C=O) groups excluding carboxylic acids is 1. The summed E-state index contributed by atoms with van der Waals surface area (Å²) in [5.74, 6) is 0.340. The van der Waals surface area contributed by atoms with Crippen LogP contribution in [0.5, 0.6) is 5.75 Å². The lowest BCUT2D eigenvalue weighted by atomic mass is 10.1. The van der Waals surface area contributed by atoms with Crippen LogP contribution in [0.4, 0.5) is 13.2 Å². The number of alkyl halides is 3. The minimum absolute atomic E-state index is 0.192. The van der Waals surface area contributed by atoms with E-state index in [1.54, 1.807) is 19.3 Å². The van der Waals surface area contributed by atoms with Crippen LogP contribution in [0.25, 0.3) is 10.2 Å². The first kappa shape index (κ1) is 21.8. The van der Waals surface area contributed by atoms with Gasteiger partial charge < -0.3 is 10.1 Å².